The number of hydrogen-bond donors (Lipinski definition) is 0. The van der Waals surface area contributed by atoms with Gasteiger partial charge in [0.2, 0.25) is 0 Å². The molecule has 0 radical (unpaired) electrons. The van der Waals surface area contributed by atoms with E-state index >= 15 is 0 Å². The predicted molar refractivity (Wildman–Crippen MR) is 126 cm³/mol. The third-order valence-corrected chi connectivity index (χ3v) is 5.88. The first-order chi connectivity index (χ1) is 15.9. The summed E-state index contributed by atoms with van der Waals surface area (Å²) in [6.07, 6.45) is 4.91. The number of benzene rings is 1. The average molecular weight is 454 g/mol. The monoisotopic (exact) mass is 453 g/mol. The SMILES string of the molecule is CC(C)c1cccc(Oc2cnc3c(c2)c(=O)n(CCCOC2CCCCO2)c(=O)n3C)c1. The van der Waals surface area contributed by atoms with Crippen molar-refractivity contribution < 1.29 is 14.2 Å². The van der Waals surface area contributed by atoms with Gasteiger partial charge in [0, 0.05) is 20.2 Å². The van der Waals surface area contributed by atoms with E-state index in [1.807, 2.05) is 18.2 Å². The number of pyridine rings is 1. The van der Waals surface area contributed by atoms with E-state index in [4.69, 9.17) is 14.2 Å². The highest BCUT2D eigenvalue weighted by molar-refractivity contribution is 5.75. The van der Waals surface area contributed by atoms with E-state index in [1.165, 1.54) is 15.3 Å². The van der Waals surface area contributed by atoms with Crippen LogP contribution in [0.3, 0.4) is 0 Å². The Morgan fingerprint density at radius 2 is 2.03 bits per heavy atom. The van der Waals surface area contributed by atoms with Crippen LogP contribution < -0.4 is 16.0 Å². The van der Waals surface area contributed by atoms with Gasteiger partial charge in [0.1, 0.15) is 17.1 Å². The number of aryl methyl sites for hydroxylation is 1. The molecule has 0 amide bonds. The number of fused-ring (bicyclic) bond motifs is 1. The van der Waals surface area contributed by atoms with Gasteiger partial charge in [-0.05, 0) is 55.4 Å². The summed E-state index contributed by atoms with van der Waals surface area (Å²) < 4.78 is 19.9. The van der Waals surface area contributed by atoms with E-state index in [2.05, 4.69) is 24.9 Å². The highest BCUT2D eigenvalue weighted by atomic mass is 16.7. The van der Waals surface area contributed by atoms with E-state index in [1.54, 1.807) is 13.1 Å². The van der Waals surface area contributed by atoms with Gasteiger partial charge in [0.15, 0.2) is 6.29 Å². The molecular weight excluding hydrogens is 422 g/mol. The average Bonchev–Trinajstić information content (AvgIpc) is 2.83. The van der Waals surface area contributed by atoms with E-state index in [-0.39, 0.29) is 18.4 Å². The summed E-state index contributed by atoms with van der Waals surface area (Å²) in [5.41, 5.74) is 0.714. The molecule has 1 aliphatic heterocycles. The summed E-state index contributed by atoms with van der Waals surface area (Å²) in [5, 5.41) is 0.339. The Labute approximate surface area is 192 Å². The van der Waals surface area contributed by atoms with Crippen molar-refractivity contribution in [2.45, 2.75) is 58.3 Å². The number of ether oxygens (including phenoxy) is 3. The molecule has 0 N–H and O–H groups in total. The summed E-state index contributed by atoms with van der Waals surface area (Å²) >= 11 is 0. The van der Waals surface area contributed by atoms with Crippen molar-refractivity contribution in [3.63, 3.8) is 0 Å². The second kappa shape index (κ2) is 10.3. The third-order valence-electron chi connectivity index (χ3n) is 5.88. The van der Waals surface area contributed by atoms with E-state index in [0.29, 0.717) is 48.1 Å². The van der Waals surface area contributed by atoms with Crippen LogP contribution >= 0.6 is 0 Å². The fourth-order valence-corrected chi connectivity index (χ4v) is 3.97. The van der Waals surface area contributed by atoms with Gasteiger partial charge in [0.25, 0.3) is 5.56 Å². The van der Waals surface area contributed by atoms with Gasteiger partial charge in [-0.1, -0.05) is 26.0 Å². The van der Waals surface area contributed by atoms with Crippen LogP contribution in [0.4, 0.5) is 0 Å². The topological polar surface area (TPSA) is 84.6 Å². The zero-order valence-corrected chi connectivity index (χ0v) is 19.5. The Morgan fingerprint density at radius 1 is 1.18 bits per heavy atom. The Hall–Kier alpha value is -2.97. The molecule has 3 heterocycles. The number of aromatic nitrogens is 3. The molecule has 1 saturated heterocycles. The first-order valence-corrected chi connectivity index (χ1v) is 11.5. The minimum absolute atomic E-state index is 0.187. The molecule has 8 nitrogen and oxygen atoms in total. The Morgan fingerprint density at radius 3 is 2.79 bits per heavy atom. The van der Waals surface area contributed by atoms with Crippen molar-refractivity contribution in [2.24, 2.45) is 7.05 Å². The van der Waals surface area contributed by atoms with Gasteiger partial charge < -0.3 is 14.2 Å². The lowest BCUT2D eigenvalue weighted by Crippen LogP contribution is -2.39. The van der Waals surface area contributed by atoms with Crippen LogP contribution in [0.2, 0.25) is 0 Å². The van der Waals surface area contributed by atoms with Crippen LogP contribution in [-0.4, -0.2) is 33.6 Å². The molecule has 176 valence electrons. The maximum Gasteiger partial charge on any atom is 0.332 e. The van der Waals surface area contributed by atoms with Gasteiger partial charge in [-0.15, -0.1) is 0 Å². The van der Waals surface area contributed by atoms with Gasteiger partial charge >= 0.3 is 5.69 Å². The van der Waals surface area contributed by atoms with Crippen molar-refractivity contribution in [1.29, 1.82) is 0 Å². The normalized spacial score (nSPS) is 16.4. The maximum absolute atomic E-state index is 13.1. The lowest BCUT2D eigenvalue weighted by atomic mass is 10.0. The van der Waals surface area contributed by atoms with Crippen LogP contribution in [0.5, 0.6) is 11.5 Å². The Kier molecular flexibility index (Phi) is 7.25. The largest absolute Gasteiger partial charge is 0.456 e. The molecule has 0 aliphatic carbocycles. The first kappa shape index (κ1) is 23.2. The molecule has 3 aromatic rings. The second-order valence-corrected chi connectivity index (χ2v) is 8.69. The van der Waals surface area contributed by atoms with Crippen LogP contribution in [0.25, 0.3) is 11.0 Å². The number of rotatable bonds is 8. The highest BCUT2D eigenvalue weighted by Gasteiger charge is 2.16. The fourth-order valence-electron chi connectivity index (χ4n) is 3.97. The van der Waals surface area contributed by atoms with Gasteiger partial charge in [0.05, 0.1) is 18.2 Å². The number of nitrogens with zero attached hydrogens (tertiary/aromatic N) is 3. The molecule has 1 aromatic carbocycles. The molecule has 1 fully saturated rings. The zero-order chi connectivity index (χ0) is 23.4. The maximum atomic E-state index is 13.1. The van der Waals surface area contributed by atoms with Gasteiger partial charge in [-0.2, -0.15) is 0 Å². The summed E-state index contributed by atoms with van der Waals surface area (Å²) in [7, 11) is 1.62. The second-order valence-electron chi connectivity index (χ2n) is 8.69. The minimum atomic E-state index is -0.396. The molecule has 8 heteroatoms. The molecule has 1 atom stereocenters. The lowest BCUT2D eigenvalue weighted by Gasteiger charge is -2.22. The summed E-state index contributed by atoms with van der Waals surface area (Å²) in [4.78, 5) is 30.2. The molecule has 0 spiro atoms. The van der Waals surface area contributed by atoms with Crippen LogP contribution in [0.1, 0.15) is 51.0 Å². The van der Waals surface area contributed by atoms with E-state index in [9.17, 15) is 9.59 Å². The van der Waals surface area contributed by atoms with Crippen molar-refractivity contribution >= 4 is 11.0 Å². The zero-order valence-electron chi connectivity index (χ0n) is 19.5. The minimum Gasteiger partial charge on any atom is -0.456 e. The molecule has 4 rings (SSSR count). The van der Waals surface area contributed by atoms with Crippen LogP contribution in [-0.2, 0) is 23.1 Å². The summed E-state index contributed by atoms with van der Waals surface area (Å²) in [5.74, 6) is 1.50. The van der Waals surface area contributed by atoms with Crippen LogP contribution in [0.15, 0.2) is 46.1 Å². The van der Waals surface area contributed by atoms with Gasteiger partial charge in [-0.25, -0.2) is 9.78 Å². The van der Waals surface area contributed by atoms with Crippen molar-refractivity contribution in [1.82, 2.24) is 14.1 Å². The predicted octanol–water partition coefficient (Wildman–Crippen LogP) is 3.94. The summed E-state index contributed by atoms with van der Waals surface area (Å²) in [6, 6.07) is 9.48. The summed E-state index contributed by atoms with van der Waals surface area (Å²) in [6.45, 7) is 5.63. The highest BCUT2D eigenvalue weighted by Crippen LogP contribution is 2.26. The van der Waals surface area contributed by atoms with E-state index in [0.717, 1.165) is 24.8 Å². The van der Waals surface area contributed by atoms with Gasteiger partial charge in [-0.3, -0.25) is 13.9 Å². The van der Waals surface area contributed by atoms with Crippen LogP contribution in [0, 0.1) is 0 Å². The third kappa shape index (κ3) is 5.34. The molecule has 33 heavy (non-hydrogen) atoms. The molecule has 0 saturated carbocycles. The molecular formula is C25H31N3O5. The lowest BCUT2D eigenvalue weighted by molar-refractivity contribution is -0.163. The Balaban J connectivity index is 1.54. The van der Waals surface area contributed by atoms with Crippen molar-refractivity contribution in [3.8, 4) is 11.5 Å². The fraction of sp³-hybridized carbons (Fsp3) is 0.480. The Bertz CT molecular complexity index is 1220. The van der Waals surface area contributed by atoms with Crippen molar-refractivity contribution in [2.75, 3.05) is 13.2 Å². The van der Waals surface area contributed by atoms with E-state index < -0.39 is 5.69 Å². The molecule has 1 aliphatic rings. The molecule has 2 aromatic heterocycles. The first-order valence-electron chi connectivity index (χ1n) is 11.5. The number of hydrogen-bond acceptors (Lipinski definition) is 6. The molecule has 1 unspecified atom stereocenters. The standard InChI is InChI=1S/C25H31N3O5/c1-17(2)18-8-6-9-19(14-18)33-20-15-21-23(26-16-20)27(3)25(30)28(24(21)29)11-7-13-32-22-10-4-5-12-31-22/h6,8-9,14-17,22H,4-5,7,10-13H2,1-3H3. The smallest absolute Gasteiger partial charge is 0.332 e. The quantitative estimate of drug-likeness (QED) is 0.480. The van der Waals surface area contributed by atoms with Crippen molar-refractivity contribution in [3.05, 3.63) is 62.9 Å². The molecule has 0 bridgehead atoms.